The van der Waals surface area contributed by atoms with Crippen LogP contribution in [-0.4, -0.2) is 4.98 Å². The van der Waals surface area contributed by atoms with Crippen molar-refractivity contribution in [2.24, 2.45) is 0 Å². The Bertz CT molecular complexity index is 2770. The van der Waals surface area contributed by atoms with Crippen LogP contribution in [0.15, 0.2) is 150 Å². The highest BCUT2D eigenvalue weighted by molar-refractivity contribution is 7.26. The number of rotatable bonds is 3. The zero-order chi connectivity index (χ0) is 29.5. The largest absolute Gasteiger partial charge is 0.455 e. The number of aromatic nitrogens is 1. The minimum atomic E-state index is 0.920. The maximum absolute atomic E-state index is 6.38. The molecule has 3 aromatic heterocycles. The van der Waals surface area contributed by atoms with Gasteiger partial charge in [0.2, 0.25) is 0 Å². The predicted octanol–water partition coefficient (Wildman–Crippen LogP) is 12.6. The molecule has 0 atom stereocenters. The number of benzene rings is 7. The molecule has 0 unspecified atom stereocenters. The molecular weight excluding hydrogens is 567 g/mol. The second-order valence-corrected chi connectivity index (χ2v) is 12.8. The van der Waals surface area contributed by atoms with E-state index < -0.39 is 0 Å². The van der Waals surface area contributed by atoms with Crippen molar-refractivity contribution < 1.29 is 4.42 Å². The van der Waals surface area contributed by atoms with Gasteiger partial charge in [-0.05, 0) is 52.6 Å². The number of furan rings is 1. The molecule has 210 valence electrons. The van der Waals surface area contributed by atoms with Gasteiger partial charge < -0.3 is 9.40 Å². The Kier molecular flexibility index (Phi) is 5.19. The summed E-state index contributed by atoms with van der Waals surface area (Å²) < 4.78 is 9.05. The van der Waals surface area contributed by atoms with Gasteiger partial charge in [-0.15, -0.1) is 11.3 Å². The zero-order valence-corrected chi connectivity index (χ0v) is 25.0. The number of thiophene rings is 1. The van der Waals surface area contributed by atoms with E-state index in [0.29, 0.717) is 0 Å². The van der Waals surface area contributed by atoms with Gasteiger partial charge in [0, 0.05) is 58.4 Å². The first-order chi connectivity index (χ1) is 22.3. The first-order valence-corrected chi connectivity index (χ1v) is 16.1. The Balaban J connectivity index is 1.12. The summed E-state index contributed by atoms with van der Waals surface area (Å²) in [5.74, 6) is 0. The van der Waals surface area contributed by atoms with Crippen LogP contribution in [-0.2, 0) is 0 Å². The molecule has 3 heterocycles. The van der Waals surface area contributed by atoms with Crippen molar-refractivity contribution in [3.05, 3.63) is 146 Å². The lowest BCUT2D eigenvalue weighted by Crippen LogP contribution is -1.83. The third kappa shape index (κ3) is 3.68. The van der Waals surface area contributed by atoms with Crippen molar-refractivity contribution >= 4 is 75.3 Å². The normalized spacial score (nSPS) is 12.0. The summed E-state index contributed by atoms with van der Waals surface area (Å²) in [5, 5.41) is 7.38. The lowest BCUT2D eigenvalue weighted by molar-refractivity contribution is 0.670. The highest BCUT2D eigenvalue weighted by atomic mass is 32.1. The van der Waals surface area contributed by atoms with Crippen molar-refractivity contribution in [1.29, 1.82) is 0 Å². The Morgan fingerprint density at radius 1 is 0.444 bits per heavy atom. The SMILES string of the molecule is c1cc(-c2cccc3c2[nH]c2ccc(-c4cccc5c4oc4ccccc45)cc23)cc(-c2cccc3c2sc2ccccc23)c1. The monoisotopic (exact) mass is 591 g/mol. The molecular formula is C42H25NOS. The fourth-order valence-electron chi connectivity index (χ4n) is 7.13. The Morgan fingerprint density at radius 3 is 2.02 bits per heavy atom. The van der Waals surface area contributed by atoms with E-state index in [2.05, 4.69) is 138 Å². The molecule has 0 aliphatic carbocycles. The average Bonchev–Trinajstić information content (AvgIpc) is 3.79. The van der Waals surface area contributed by atoms with E-state index in [1.807, 2.05) is 23.5 Å². The Labute approximate surface area is 262 Å². The molecule has 0 fully saturated rings. The predicted molar refractivity (Wildman–Crippen MR) is 192 cm³/mol. The van der Waals surface area contributed by atoms with Gasteiger partial charge in [0.25, 0.3) is 0 Å². The summed E-state index contributed by atoms with van der Waals surface area (Å²) in [4.78, 5) is 3.77. The summed E-state index contributed by atoms with van der Waals surface area (Å²) in [6.45, 7) is 0. The van der Waals surface area contributed by atoms with Crippen LogP contribution in [0.25, 0.3) is 97.3 Å². The van der Waals surface area contributed by atoms with Crippen LogP contribution in [0.5, 0.6) is 0 Å². The molecule has 0 radical (unpaired) electrons. The van der Waals surface area contributed by atoms with Gasteiger partial charge in [0.15, 0.2) is 0 Å². The quantitative estimate of drug-likeness (QED) is 0.218. The highest BCUT2D eigenvalue weighted by Gasteiger charge is 2.16. The van der Waals surface area contributed by atoms with Crippen molar-refractivity contribution in [3.8, 4) is 33.4 Å². The molecule has 7 aromatic carbocycles. The van der Waals surface area contributed by atoms with Gasteiger partial charge >= 0.3 is 0 Å². The molecule has 0 saturated carbocycles. The topological polar surface area (TPSA) is 28.9 Å². The van der Waals surface area contributed by atoms with Crippen LogP contribution >= 0.6 is 11.3 Å². The van der Waals surface area contributed by atoms with Crippen LogP contribution in [0.2, 0.25) is 0 Å². The molecule has 10 aromatic rings. The Hall–Kier alpha value is -5.64. The van der Waals surface area contributed by atoms with E-state index >= 15 is 0 Å². The summed E-state index contributed by atoms with van der Waals surface area (Å²) in [6.07, 6.45) is 0. The van der Waals surface area contributed by atoms with Gasteiger partial charge in [0.1, 0.15) is 11.2 Å². The molecule has 3 heteroatoms. The molecule has 0 aliphatic rings. The van der Waals surface area contributed by atoms with Gasteiger partial charge in [-0.25, -0.2) is 0 Å². The van der Waals surface area contributed by atoms with E-state index in [4.69, 9.17) is 4.42 Å². The van der Waals surface area contributed by atoms with E-state index in [9.17, 15) is 0 Å². The van der Waals surface area contributed by atoms with Gasteiger partial charge in [0.05, 0.1) is 5.52 Å². The number of hydrogen-bond donors (Lipinski definition) is 1. The number of para-hydroxylation sites is 3. The zero-order valence-electron chi connectivity index (χ0n) is 24.2. The molecule has 0 saturated heterocycles. The standard InChI is InChI=1S/C42H25NOS/c1-3-19-38-31(11-1)34-17-7-14-29(41(34)44-38)27-21-22-37-36(24-27)33-16-6-13-28(40(33)43-37)25-9-5-10-26(23-25)30-15-8-18-35-32-12-2-4-20-39(32)45-42(30)35/h1-24,43H. The van der Waals surface area contributed by atoms with Crippen molar-refractivity contribution in [3.63, 3.8) is 0 Å². The minimum absolute atomic E-state index is 0.920. The summed E-state index contributed by atoms with van der Waals surface area (Å²) in [6, 6.07) is 52.4. The van der Waals surface area contributed by atoms with Crippen LogP contribution in [0.4, 0.5) is 0 Å². The number of H-pyrrole nitrogens is 1. The number of nitrogens with one attached hydrogen (secondary N) is 1. The summed E-state index contributed by atoms with van der Waals surface area (Å²) in [7, 11) is 0. The van der Waals surface area contributed by atoms with Crippen LogP contribution in [0, 0.1) is 0 Å². The fraction of sp³-hybridized carbons (Fsp3) is 0. The highest BCUT2D eigenvalue weighted by Crippen LogP contribution is 2.42. The maximum atomic E-state index is 6.38. The lowest BCUT2D eigenvalue weighted by Gasteiger charge is -2.08. The number of aromatic amines is 1. The fourth-order valence-corrected chi connectivity index (χ4v) is 8.37. The number of hydrogen-bond acceptors (Lipinski definition) is 2. The van der Waals surface area contributed by atoms with E-state index in [0.717, 1.165) is 44.1 Å². The van der Waals surface area contributed by atoms with Gasteiger partial charge in [-0.2, -0.15) is 0 Å². The minimum Gasteiger partial charge on any atom is -0.455 e. The first-order valence-electron chi connectivity index (χ1n) is 15.3. The molecule has 0 bridgehead atoms. The second kappa shape index (κ2) is 9.43. The summed E-state index contributed by atoms with van der Waals surface area (Å²) in [5.41, 5.74) is 11.3. The lowest BCUT2D eigenvalue weighted by atomic mass is 9.96. The molecule has 0 amide bonds. The molecule has 10 rings (SSSR count). The van der Waals surface area contributed by atoms with Crippen molar-refractivity contribution in [2.75, 3.05) is 0 Å². The van der Waals surface area contributed by atoms with Gasteiger partial charge in [-0.3, -0.25) is 0 Å². The molecule has 0 aliphatic heterocycles. The maximum Gasteiger partial charge on any atom is 0.143 e. The molecule has 45 heavy (non-hydrogen) atoms. The van der Waals surface area contributed by atoms with Crippen LogP contribution in [0.1, 0.15) is 0 Å². The smallest absolute Gasteiger partial charge is 0.143 e. The molecule has 2 nitrogen and oxygen atoms in total. The van der Waals surface area contributed by atoms with Gasteiger partial charge in [-0.1, -0.05) is 115 Å². The summed E-state index contributed by atoms with van der Waals surface area (Å²) >= 11 is 1.88. The second-order valence-electron chi connectivity index (χ2n) is 11.8. The van der Waals surface area contributed by atoms with E-state index in [1.165, 1.54) is 53.2 Å². The van der Waals surface area contributed by atoms with Crippen LogP contribution in [0.3, 0.4) is 0 Å². The molecule has 0 spiro atoms. The third-order valence-electron chi connectivity index (χ3n) is 9.24. The number of fused-ring (bicyclic) bond motifs is 9. The van der Waals surface area contributed by atoms with E-state index in [-0.39, 0.29) is 0 Å². The first kappa shape index (κ1) is 24.8. The van der Waals surface area contributed by atoms with Crippen molar-refractivity contribution in [2.45, 2.75) is 0 Å². The Morgan fingerprint density at radius 2 is 1.11 bits per heavy atom. The van der Waals surface area contributed by atoms with Crippen LogP contribution < -0.4 is 0 Å². The third-order valence-corrected chi connectivity index (χ3v) is 10.5. The van der Waals surface area contributed by atoms with E-state index in [1.54, 1.807) is 0 Å². The average molecular weight is 592 g/mol. The van der Waals surface area contributed by atoms with Crippen molar-refractivity contribution in [1.82, 2.24) is 4.98 Å². The molecule has 1 N–H and O–H groups in total.